The number of hydrogen-bond acceptors (Lipinski definition) is 2. The second kappa shape index (κ2) is 5.74. The van der Waals surface area contributed by atoms with Crippen LogP contribution in [0, 0.1) is 5.92 Å². The average molecular weight is 258 g/mol. The first-order valence-electron chi connectivity index (χ1n) is 7.40. The van der Waals surface area contributed by atoms with Crippen molar-refractivity contribution in [2.24, 2.45) is 5.92 Å². The van der Waals surface area contributed by atoms with Gasteiger partial charge in [0.1, 0.15) is 0 Å². The number of benzene rings is 1. The van der Waals surface area contributed by atoms with E-state index in [4.69, 9.17) is 0 Å². The topological polar surface area (TPSA) is 41.1 Å². The smallest absolute Gasteiger partial charge is 0.223 e. The van der Waals surface area contributed by atoms with Gasteiger partial charge in [0.15, 0.2) is 0 Å². The molecule has 1 amide bonds. The molecule has 1 aromatic carbocycles. The summed E-state index contributed by atoms with van der Waals surface area (Å²) in [6, 6.07) is 11.0. The van der Waals surface area contributed by atoms with Crippen LogP contribution in [0.15, 0.2) is 30.3 Å². The van der Waals surface area contributed by atoms with Crippen LogP contribution >= 0.6 is 0 Å². The minimum Gasteiger partial charge on any atom is -0.356 e. The normalized spacial score (nSPS) is 29.2. The van der Waals surface area contributed by atoms with E-state index in [-0.39, 0.29) is 11.8 Å². The predicted octanol–water partition coefficient (Wildman–Crippen LogP) is 2.05. The highest BCUT2D eigenvalue weighted by atomic mass is 16.2. The Kier molecular flexibility index (Phi) is 3.83. The van der Waals surface area contributed by atoms with Gasteiger partial charge in [0.05, 0.1) is 0 Å². The highest BCUT2D eigenvalue weighted by Gasteiger charge is 2.43. The van der Waals surface area contributed by atoms with Crippen LogP contribution in [0.2, 0.25) is 0 Å². The van der Waals surface area contributed by atoms with Crippen LogP contribution in [0.4, 0.5) is 0 Å². The van der Waals surface area contributed by atoms with Crippen molar-refractivity contribution in [1.82, 2.24) is 10.6 Å². The van der Waals surface area contributed by atoms with E-state index < -0.39 is 0 Å². The van der Waals surface area contributed by atoms with E-state index in [0.29, 0.717) is 12.0 Å². The Labute approximate surface area is 114 Å². The van der Waals surface area contributed by atoms with Crippen molar-refractivity contribution < 1.29 is 4.79 Å². The molecule has 1 heterocycles. The molecule has 0 spiro atoms. The van der Waals surface area contributed by atoms with E-state index in [0.717, 1.165) is 25.9 Å². The van der Waals surface area contributed by atoms with Crippen LogP contribution in [0.1, 0.15) is 37.2 Å². The maximum atomic E-state index is 12.0. The summed E-state index contributed by atoms with van der Waals surface area (Å²) in [5.74, 6) is 0.900. The number of nitrogens with one attached hydrogen (secondary N) is 2. The molecular formula is C16H22N2O. The molecule has 3 atom stereocenters. The minimum atomic E-state index is 0.207. The highest BCUT2D eigenvalue weighted by Crippen LogP contribution is 2.47. The van der Waals surface area contributed by atoms with E-state index in [9.17, 15) is 4.79 Å². The Morgan fingerprint density at radius 2 is 2.16 bits per heavy atom. The SMILES string of the molecule is O=C(NCCC1CCCN1)C1CC1c1ccccc1. The van der Waals surface area contributed by atoms with Gasteiger partial charge < -0.3 is 10.6 Å². The van der Waals surface area contributed by atoms with Crippen molar-refractivity contribution in [3.05, 3.63) is 35.9 Å². The Morgan fingerprint density at radius 3 is 2.89 bits per heavy atom. The monoisotopic (exact) mass is 258 g/mol. The zero-order chi connectivity index (χ0) is 13.1. The molecule has 3 nitrogen and oxygen atoms in total. The van der Waals surface area contributed by atoms with E-state index in [1.807, 2.05) is 18.2 Å². The summed E-state index contributed by atoms with van der Waals surface area (Å²) >= 11 is 0. The summed E-state index contributed by atoms with van der Waals surface area (Å²) in [5.41, 5.74) is 1.31. The molecule has 102 valence electrons. The molecule has 3 heteroatoms. The van der Waals surface area contributed by atoms with Crippen LogP contribution in [0.5, 0.6) is 0 Å². The predicted molar refractivity (Wildman–Crippen MR) is 75.9 cm³/mol. The molecule has 1 saturated heterocycles. The standard InChI is InChI=1S/C16H22N2O/c19-16(18-10-8-13-7-4-9-17-13)15-11-14(15)12-5-2-1-3-6-12/h1-3,5-6,13-15,17H,4,7-11H2,(H,18,19). The Bertz CT molecular complexity index is 426. The highest BCUT2D eigenvalue weighted by molar-refractivity contribution is 5.82. The number of carbonyl (C=O) groups is 1. The van der Waals surface area contributed by atoms with Crippen molar-refractivity contribution in [3.8, 4) is 0 Å². The largest absolute Gasteiger partial charge is 0.356 e. The minimum absolute atomic E-state index is 0.207. The molecule has 2 N–H and O–H groups in total. The fourth-order valence-electron chi connectivity index (χ4n) is 3.06. The zero-order valence-corrected chi connectivity index (χ0v) is 11.3. The second-order valence-corrected chi connectivity index (χ2v) is 5.73. The van der Waals surface area contributed by atoms with E-state index in [1.54, 1.807) is 0 Å². The molecule has 2 fully saturated rings. The number of amides is 1. The van der Waals surface area contributed by atoms with Crippen molar-refractivity contribution in [2.45, 2.75) is 37.6 Å². The molecule has 1 aliphatic heterocycles. The molecule has 1 aromatic rings. The van der Waals surface area contributed by atoms with Crippen molar-refractivity contribution >= 4 is 5.91 Å². The first-order valence-corrected chi connectivity index (χ1v) is 7.40. The molecular weight excluding hydrogens is 236 g/mol. The maximum absolute atomic E-state index is 12.0. The lowest BCUT2D eigenvalue weighted by Gasteiger charge is -2.10. The molecule has 1 aliphatic carbocycles. The van der Waals surface area contributed by atoms with Crippen molar-refractivity contribution in [1.29, 1.82) is 0 Å². The van der Waals surface area contributed by atoms with Crippen LogP contribution in [-0.4, -0.2) is 25.0 Å². The van der Waals surface area contributed by atoms with Gasteiger partial charge in [0.25, 0.3) is 0 Å². The summed E-state index contributed by atoms with van der Waals surface area (Å²) < 4.78 is 0. The Morgan fingerprint density at radius 1 is 1.32 bits per heavy atom. The third-order valence-corrected chi connectivity index (χ3v) is 4.31. The lowest BCUT2D eigenvalue weighted by molar-refractivity contribution is -0.122. The first kappa shape index (κ1) is 12.7. The lowest BCUT2D eigenvalue weighted by atomic mass is 10.1. The molecule has 2 aliphatic rings. The quantitative estimate of drug-likeness (QED) is 0.848. The van der Waals surface area contributed by atoms with Gasteiger partial charge in [-0.2, -0.15) is 0 Å². The van der Waals surface area contributed by atoms with Crippen molar-refractivity contribution in [3.63, 3.8) is 0 Å². The van der Waals surface area contributed by atoms with Gasteiger partial charge >= 0.3 is 0 Å². The van der Waals surface area contributed by atoms with Crippen LogP contribution < -0.4 is 10.6 Å². The van der Waals surface area contributed by atoms with Gasteiger partial charge in [0.2, 0.25) is 5.91 Å². The molecule has 3 unspecified atom stereocenters. The summed E-state index contributed by atoms with van der Waals surface area (Å²) in [7, 11) is 0. The van der Waals surface area contributed by atoms with Crippen LogP contribution in [0.3, 0.4) is 0 Å². The van der Waals surface area contributed by atoms with Crippen LogP contribution in [0.25, 0.3) is 0 Å². The van der Waals surface area contributed by atoms with E-state index >= 15 is 0 Å². The molecule has 1 saturated carbocycles. The molecule has 0 bridgehead atoms. The summed E-state index contributed by atoms with van der Waals surface area (Å²) in [4.78, 5) is 12.0. The lowest BCUT2D eigenvalue weighted by Crippen LogP contribution is -2.31. The molecule has 19 heavy (non-hydrogen) atoms. The second-order valence-electron chi connectivity index (χ2n) is 5.73. The van der Waals surface area contributed by atoms with E-state index in [2.05, 4.69) is 22.8 Å². The van der Waals surface area contributed by atoms with Gasteiger partial charge in [-0.1, -0.05) is 30.3 Å². The fraction of sp³-hybridized carbons (Fsp3) is 0.562. The van der Waals surface area contributed by atoms with Gasteiger partial charge in [-0.05, 0) is 43.7 Å². The Balaban J connectivity index is 1.40. The molecule has 0 radical (unpaired) electrons. The van der Waals surface area contributed by atoms with Crippen molar-refractivity contribution in [2.75, 3.05) is 13.1 Å². The Hall–Kier alpha value is -1.35. The number of rotatable bonds is 5. The summed E-state index contributed by atoms with van der Waals surface area (Å²) in [5, 5.41) is 6.55. The number of hydrogen-bond donors (Lipinski definition) is 2. The summed E-state index contributed by atoms with van der Waals surface area (Å²) in [6.45, 7) is 1.95. The third kappa shape index (κ3) is 3.16. The fourth-order valence-corrected chi connectivity index (χ4v) is 3.06. The van der Waals surface area contributed by atoms with Gasteiger partial charge in [-0.15, -0.1) is 0 Å². The third-order valence-electron chi connectivity index (χ3n) is 4.31. The summed E-state index contributed by atoms with van der Waals surface area (Å²) in [6.07, 6.45) is 4.61. The molecule has 3 rings (SSSR count). The first-order chi connectivity index (χ1) is 9.34. The number of carbonyl (C=O) groups excluding carboxylic acids is 1. The van der Waals surface area contributed by atoms with Gasteiger partial charge in [-0.3, -0.25) is 4.79 Å². The van der Waals surface area contributed by atoms with E-state index in [1.165, 1.54) is 18.4 Å². The zero-order valence-electron chi connectivity index (χ0n) is 11.3. The average Bonchev–Trinajstić information content (AvgIpc) is 3.09. The van der Waals surface area contributed by atoms with Crippen LogP contribution in [-0.2, 0) is 4.79 Å². The molecule has 0 aromatic heterocycles. The van der Waals surface area contributed by atoms with Gasteiger partial charge in [0, 0.05) is 18.5 Å². The van der Waals surface area contributed by atoms with Gasteiger partial charge in [-0.25, -0.2) is 0 Å². The maximum Gasteiger partial charge on any atom is 0.223 e.